The molecule has 0 saturated heterocycles. The molecule has 2 aromatic carbocycles. The number of hydrogen-bond acceptors (Lipinski definition) is 4. The molecule has 6 nitrogen and oxygen atoms in total. The van der Waals surface area contributed by atoms with Gasteiger partial charge in [-0.25, -0.2) is 17.9 Å². The second-order valence-electron chi connectivity index (χ2n) is 5.96. The van der Waals surface area contributed by atoms with Crippen LogP contribution in [0.4, 0.5) is 24.8 Å². The Hall–Kier alpha value is -3.36. The number of aromatic nitrogens is 3. The van der Waals surface area contributed by atoms with Gasteiger partial charge in [-0.1, -0.05) is 6.07 Å². The fraction of sp³-hybridized carbons (Fsp3) is 0.167. The van der Waals surface area contributed by atoms with E-state index < -0.39 is 17.5 Å². The van der Waals surface area contributed by atoms with Crippen LogP contribution in [0.3, 0.4) is 0 Å². The maximum atomic E-state index is 14.6. The van der Waals surface area contributed by atoms with E-state index in [-0.39, 0.29) is 29.8 Å². The highest BCUT2D eigenvalue weighted by Gasteiger charge is 2.13. The van der Waals surface area contributed by atoms with Gasteiger partial charge in [0.2, 0.25) is 11.9 Å². The lowest BCUT2D eigenvalue weighted by molar-refractivity contribution is -0.119. The number of halogens is 3. The first-order chi connectivity index (χ1) is 12.8. The van der Waals surface area contributed by atoms with Gasteiger partial charge >= 0.3 is 0 Å². The summed E-state index contributed by atoms with van der Waals surface area (Å²) < 4.78 is 42.5. The van der Waals surface area contributed by atoms with Crippen LogP contribution >= 0.6 is 0 Å². The Kier molecular flexibility index (Phi) is 5.11. The van der Waals surface area contributed by atoms with Crippen molar-refractivity contribution in [1.82, 2.24) is 20.1 Å². The normalized spacial score (nSPS) is 10.7. The first-order valence-corrected chi connectivity index (χ1v) is 8.00. The number of carbonyl (C=O) groups excluding carboxylic acids is 1. The largest absolute Gasteiger partial charge is 0.352 e. The zero-order valence-corrected chi connectivity index (χ0v) is 14.6. The van der Waals surface area contributed by atoms with Crippen molar-refractivity contribution in [2.75, 3.05) is 5.32 Å². The van der Waals surface area contributed by atoms with E-state index in [1.165, 1.54) is 17.9 Å². The number of benzene rings is 2. The number of aryl methyl sites for hydroxylation is 1. The number of carbonyl (C=O) groups is 1. The molecule has 0 atom stereocenters. The summed E-state index contributed by atoms with van der Waals surface area (Å²) in [6.07, 6.45) is 1.25. The van der Waals surface area contributed by atoms with Crippen molar-refractivity contribution in [3.63, 3.8) is 0 Å². The molecule has 1 aromatic heterocycles. The van der Waals surface area contributed by atoms with Gasteiger partial charge in [0.1, 0.15) is 18.0 Å². The van der Waals surface area contributed by atoms with Gasteiger partial charge in [0.05, 0.1) is 11.4 Å². The minimum atomic E-state index is -0.748. The highest BCUT2D eigenvalue weighted by Crippen LogP contribution is 2.23. The maximum absolute atomic E-state index is 14.6. The smallest absolute Gasteiger partial charge is 0.247 e. The van der Waals surface area contributed by atoms with E-state index in [1.807, 2.05) is 0 Å². The SMILES string of the molecule is CC(=O)NCc1cc(C)cc(Nc2ncn(-c3cc(F)cc(F)c3)n2)c1F. The third kappa shape index (κ3) is 4.43. The van der Waals surface area contributed by atoms with Gasteiger partial charge in [-0.15, -0.1) is 5.10 Å². The van der Waals surface area contributed by atoms with Crippen molar-refractivity contribution in [2.24, 2.45) is 0 Å². The zero-order valence-electron chi connectivity index (χ0n) is 14.6. The Morgan fingerprint density at radius 3 is 2.48 bits per heavy atom. The van der Waals surface area contributed by atoms with Crippen LogP contribution < -0.4 is 10.6 Å². The molecule has 1 heterocycles. The fourth-order valence-electron chi connectivity index (χ4n) is 2.52. The summed E-state index contributed by atoms with van der Waals surface area (Å²) in [6.45, 7) is 3.17. The second kappa shape index (κ2) is 7.48. The molecule has 9 heteroatoms. The molecule has 1 amide bonds. The average molecular weight is 375 g/mol. The van der Waals surface area contributed by atoms with Gasteiger partial charge in [-0.3, -0.25) is 4.79 Å². The van der Waals surface area contributed by atoms with Crippen molar-refractivity contribution in [3.8, 4) is 5.69 Å². The standard InChI is InChI=1S/C18H16F3N5O/c1-10-3-12(8-22-11(2)27)17(21)16(4-10)24-18-23-9-26(25-18)15-6-13(19)5-14(20)7-15/h3-7,9H,8H2,1-2H3,(H,22,27)(H,24,25). The molecule has 3 aromatic rings. The molecule has 0 saturated carbocycles. The quantitative estimate of drug-likeness (QED) is 0.717. The molecule has 140 valence electrons. The van der Waals surface area contributed by atoms with Crippen LogP contribution in [0, 0.1) is 24.4 Å². The van der Waals surface area contributed by atoms with Crippen LogP contribution in [0.5, 0.6) is 0 Å². The monoisotopic (exact) mass is 375 g/mol. The molecule has 0 aliphatic heterocycles. The topological polar surface area (TPSA) is 71.8 Å². The van der Waals surface area contributed by atoms with Gasteiger partial charge < -0.3 is 10.6 Å². The van der Waals surface area contributed by atoms with Gasteiger partial charge in [0.15, 0.2) is 5.82 Å². The third-order valence-corrected chi connectivity index (χ3v) is 3.67. The molecule has 0 spiro atoms. The van der Waals surface area contributed by atoms with Crippen LogP contribution in [-0.4, -0.2) is 20.7 Å². The molecule has 0 aliphatic rings. The Bertz CT molecular complexity index is 982. The van der Waals surface area contributed by atoms with Gasteiger partial charge in [0, 0.05) is 25.1 Å². The van der Waals surface area contributed by atoms with Gasteiger partial charge in [-0.05, 0) is 30.7 Å². The van der Waals surface area contributed by atoms with Crippen LogP contribution in [0.25, 0.3) is 5.69 Å². The van der Waals surface area contributed by atoms with Crippen LogP contribution in [0.15, 0.2) is 36.7 Å². The van der Waals surface area contributed by atoms with Gasteiger partial charge in [-0.2, -0.15) is 4.98 Å². The summed E-state index contributed by atoms with van der Waals surface area (Å²) in [5, 5.41) is 9.34. The van der Waals surface area contributed by atoms with E-state index in [1.54, 1.807) is 19.1 Å². The van der Waals surface area contributed by atoms with Crippen LogP contribution in [0.2, 0.25) is 0 Å². The maximum Gasteiger partial charge on any atom is 0.247 e. The zero-order chi connectivity index (χ0) is 19.6. The summed E-state index contributed by atoms with van der Waals surface area (Å²) in [7, 11) is 0. The summed E-state index contributed by atoms with van der Waals surface area (Å²) in [5.74, 6) is -2.27. The molecule has 3 rings (SSSR count). The Morgan fingerprint density at radius 2 is 1.81 bits per heavy atom. The summed E-state index contributed by atoms with van der Waals surface area (Å²) in [4.78, 5) is 15.0. The number of anilines is 2. The summed E-state index contributed by atoms with van der Waals surface area (Å²) in [6, 6.07) is 6.13. The number of nitrogens with one attached hydrogen (secondary N) is 2. The van der Waals surface area contributed by atoms with E-state index in [9.17, 15) is 18.0 Å². The van der Waals surface area contributed by atoms with Crippen molar-refractivity contribution in [1.29, 1.82) is 0 Å². The van der Waals surface area contributed by atoms with Crippen molar-refractivity contribution < 1.29 is 18.0 Å². The number of hydrogen-bond donors (Lipinski definition) is 2. The van der Waals surface area contributed by atoms with E-state index in [0.29, 0.717) is 5.56 Å². The lowest BCUT2D eigenvalue weighted by atomic mass is 10.1. The third-order valence-electron chi connectivity index (χ3n) is 3.67. The highest BCUT2D eigenvalue weighted by atomic mass is 19.1. The second-order valence-corrected chi connectivity index (χ2v) is 5.96. The number of rotatable bonds is 5. The Morgan fingerprint density at radius 1 is 1.11 bits per heavy atom. The van der Waals surface area contributed by atoms with Crippen molar-refractivity contribution in [2.45, 2.75) is 20.4 Å². The predicted molar refractivity (Wildman–Crippen MR) is 93.2 cm³/mol. The van der Waals surface area contributed by atoms with Crippen LogP contribution in [-0.2, 0) is 11.3 Å². The Labute approximate surface area is 153 Å². The fourth-order valence-corrected chi connectivity index (χ4v) is 2.52. The molecule has 0 unspecified atom stereocenters. The predicted octanol–water partition coefficient (Wildman–Crippen LogP) is 3.37. The molecule has 2 N–H and O–H groups in total. The lowest BCUT2D eigenvalue weighted by Crippen LogP contribution is -2.20. The van der Waals surface area contributed by atoms with Crippen LogP contribution in [0.1, 0.15) is 18.1 Å². The highest BCUT2D eigenvalue weighted by molar-refractivity contribution is 5.73. The molecule has 27 heavy (non-hydrogen) atoms. The molecule has 0 aliphatic carbocycles. The van der Waals surface area contributed by atoms with E-state index in [0.717, 1.165) is 23.8 Å². The number of nitrogens with zero attached hydrogens (tertiary/aromatic N) is 3. The Balaban J connectivity index is 1.85. The number of amides is 1. The van der Waals surface area contributed by atoms with E-state index in [2.05, 4.69) is 20.7 Å². The molecular weight excluding hydrogens is 359 g/mol. The molecule has 0 fully saturated rings. The van der Waals surface area contributed by atoms with Crippen molar-refractivity contribution in [3.05, 3.63) is 65.2 Å². The molecular formula is C18H16F3N5O. The first kappa shape index (κ1) is 18.4. The minimum Gasteiger partial charge on any atom is -0.352 e. The lowest BCUT2D eigenvalue weighted by Gasteiger charge is -2.11. The van der Waals surface area contributed by atoms with E-state index >= 15 is 0 Å². The first-order valence-electron chi connectivity index (χ1n) is 8.00. The molecule has 0 bridgehead atoms. The average Bonchev–Trinajstić information content (AvgIpc) is 3.04. The summed E-state index contributed by atoms with van der Waals surface area (Å²) in [5.41, 5.74) is 1.34. The minimum absolute atomic E-state index is 0.0436. The van der Waals surface area contributed by atoms with Gasteiger partial charge in [0.25, 0.3) is 0 Å². The van der Waals surface area contributed by atoms with E-state index in [4.69, 9.17) is 0 Å². The molecule has 0 radical (unpaired) electrons. The summed E-state index contributed by atoms with van der Waals surface area (Å²) >= 11 is 0. The van der Waals surface area contributed by atoms with Crippen molar-refractivity contribution >= 4 is 17.5 Å².